The summed E-state index contributed by atoms with van der Waals surface area (Å²) in [4.78, 5) is 11.3. The van der Waals surface area contributed by atoms with E-state index in [-0.39, 0.29) is 11.6 Å². The van der Waals surface area contributed by atoms with Crippen LogP contribution in [0, 0.1) is 5.82 Å². The van der Waals surface area contributed by atoms with Crippen molar-refractivity contribution in [3.8, 4) is 0 Å². The first-order chi connectivity index (χ1) is 7.24. The molecule has 82 valence electrons. The molecule has 1 amide bonds. The van der Waals surface area contributed by atoms with Crippen LogP contribution in [0.4, 0.5) is 10.1 Å². The zero-order valence-electron chi connectivity index (χ0n) is 8.50. The van der Waals surface area contributed by atoms with E-state index >= 15 is 0 Å². The summed E-state index contributed by atoms with van der Waals surface area (Å²) in [5.41, 5.74) is 5.53. The molecule has 0 unspecified atom stereocenters. The molecule has 3 nitrogen and oxygen atoms in total. The second-order valence-electron chi connectivity index (χ2n) is 3.27. The molecule has 0 atom stereocenters. The van der Waals surface area contributed by atoms with Crippen LogP contribution in [0.1, 0.15) is 19.3 Å². The predicted octanol–water partition coefficient (Wildman–Crippen LogP) is 1.89. The number of benzene rings is 1. The summed E-state index contributed by atoms with van der Waals surface area (Å²) in [6.45, 7) is 0.576. The first kappa shape index (κ1) is 11.7. The SMILES string of the molecule is NCCCCC(=O)Nc1ccccc1F. The molecular weight excluding hydrogens is 195 g/mol. The molecule has 0 radical (unpaired) electrons. The normalized spacial score (nSPS) is 10.0. The maximum Gasteiger partial charge on any atom is 0.224 e. The van der Waals surface area contributed by atoms with Crippen molar-refractivity contribution in [3.05, 3.63) is 30.1 Å². The number of hydrogen-bond donors (Lipinski definition) is 2. The number of nitrogens with two attached hydrogens (primary N) is 1. The molecule has 0 fully saturated rings. The van der Waals surface area contributed by atoms with Gasteiger partial charge in [0.2, 0.25) is 5.91 Å². The second-order valence-corrected chi connectivity index (χ2v) is 3.27. The Morgan fingerprint density at radius 2 is 2.07 bits per heavy atom. The largest absolute Gasteiger partial charge is 0.330 e. The van der Waals surface area contributed by atoms with E-state index in [1.165, 1.54) is 12.1 Å². The Balaban J connectivity index is 2.41. The molecule has 0 aliphatic rings. The fraction of sp³-hybridized carbons (Fsp3) is 0.364. The first-order valence-electron chi connectivity index (χ1n) is 4.98. The Morgan fingerprint density at radius 3 is 2.73 bits per heavy atom. The minimum absolute atomic E-state index is 0.173. The summed E-state index contributed by atoms with van der Waals surface area (Å²) in [5.74, 6) is -0.585. The number of nitrogens with one attached hydrogen (secondary N) is 1. The fourth-order valence-electron chi connectivity index (χ4n) is 1.21. The second kappa shape index (κ2) is 6.14. The van der Waals surface area contributed by atoms with E-state index in [0.717, 1.165) is 12.8 Å². The molecule has 4 heteroatoms. The molecule has 0 aliphatic carbocycles. The number of para-hydroxylation sites is 1. The summed E-state index contributed by atoms with van der Waals surface area (Å²) in [5, 5.41) is 2.51. The van der Waals surface area contributed by atoms with E-state index in [4.69, 9.17) is 5.73 Å². The maximum absolute atomic E-state index is 13.1. The number of rotatable bonds is 5. The number of anilines is 1. The Hall–Kier alpha value is -1.42. The lowest BCUT2D eigenvalue weighted by molar-refractivity contribution is -0.116. The zero-order valence-corrected chi connectivity index (χ0v) is 8.50. The van der Waals surface area contributed by atoms with Crippen molar-refractivity contribution in [2.24, 2.45) is 5.73 Å². The lowest BCUT2D eigenvalue weighted by Crippen LogP contribution is -2.12. The van der Waals surface area contributed by atoms with Crippen LogP contribution in [-0.2, 0) is 4.79 Å². The predicted molar refractivity (Wildman–Crippen MR) is 57.9 cm³/mol. The van der Waals surface area contributed by atoms with Gasteiger partial charge in [0.1, 0.15) is 5.82 Å². The van der Waals surface area contributed by atoms with Crippen molar-refractivity contribution in [2.75, 3.05) is 11.9 Å². The fourth-order valence-corrected chi connectivity index (χ4v) is 1.21. The van der Waals surface area contributed by atoms with Gasteiger partial charge in [0.05, 0.1) is 5.69 Å². The third kappa shape index (κ3) is 4.08. The Bertz CT molecular complexity index is 328. The van der Waals surface area contributed by atoms with Crippen molar-refractivity contribution < 1.29 is 9.18 Å². The van der Waals surface area contributed by atoms with Crippen LogP contribution in [0.3, 0.4) is 0 Å². The average molecular weight is 210 g/mol. The van der Waals surface area contributed by atoms with E-state index < -0.39 is 5.82 Å². The molecule has 0 spiro atoms. The third-order valence-electron chi connectivity index (χ3n) is 2.01. The van der Waals surface area contributed by atoms with Crippen molar-refractivity contribution in [3.63, 3.8) is 0 Å². The van der Waals surface area contributed by atoms with Crippen LogP contribution >= 0.6 is 0 Å². The van der Waals surface area contributed by atoms with Gasteiger partial charge in [0, 0.05) is 6.42 Å². The van der Waals surface area contributed by atoms with Gasteiger partial charge >= 0.3 is 0 Å². The highest BCUT2D eigenvalue weighted by molar-refractivity contribution is 5.90. The van der Waals surface area contributed by atoms with E-state index in [2.05, 4.69) is 5.32 Å². The Labute approximate surface area is 88.5 Å². The molecule has 1 aromatic carbocycles. The molecule has 0 aliphatic heterocycles. The van der Waals surface area contributed by atoms with Gasteiger partial charge in [-0.3, -0.25) is 4.79 Å². The Morgan fingerprint density at radius 1 is 1.33 bits per heavy atom. The van der Waals surface area contributed by atoms with Gasteiger partial charge in [-0.1, -0.05) is 12.1 Å². The summed E-state index contributed by atoms with van der Waals surface area (Å²) in [6.07, 6.45) is 1.92. The number of hydrogen-bond acceptors (Lipinski definition) is 2. The van der Waals surface area contributed by atoms with Crippen molar-refractivity contribution >= 4 is 11.6 Å². The molecule has 1 aromatic rings. The van der Waals surface area contributed by atoms with Crippen LogP contribution in [0.15, 0.2) is 24.3 Å². The summed E-state index contributed by atoms with van der Waals surface area (Å²) < 4.78 is 13.1. The molecule has 0 saturated carbocycles. The third-order valence-corrected chi connectivity index (χ3v) is 2.01. The van der Waals surface area contributed by atoms with E-state index in [1.54, 1.807) is 12.1 Å². The highest BCUT2D eigenvalue weighted by Gasteiger charge is 2.05. The minimum atomic E-state index is -0.412. The highest BCUT2D eigenvalue weighted by Crippen LogP contribution is 2.12. The zero-order chi connectivity index (χ0) is 11.1. The summed E-state index contributed by atoms with van der Waals surface area (Å²) in [6, 6.07) is 6.11. The first-order valence-corrected chi connectivity index (χ1v) is 4.98. The number of halogens is 1. The highest BCUT2D eigenvalue weighted by atomic mass is 19.1. The standard InChI is InChI=1S/C11H15FN2O/c12-9-5-1-2-6-10(9)14-11(15)7-3-4-8-13/h1-2,5-6H,3-4,7-8,13H2,(H,14,15). The summed E-state index contributed by atoms with van der Waals surface area (Å²) in [7, 11) is 0. The maximum atomic E-state index is 13.1. The van der Waals surface area contributed by atoms with Crippen LogP contribution < -0.4 is 11.1 Å². The average Bonchev–Trinajstić information content (AvgIpc) is 2.22. The molecule has 0 saturated heterocycles. The molecule has 0 heterocycles. The van der Waals surface area contributed by atoms with Gasteiger partial charge in [0.15, 0.2) is 0 Å². The van der Waals surface area contributed by atoms with Crippen LogP contribution in [0.5, 0.6) is 0 Å². The molecule has 0 aromatic heterocycles. The van der Waals surface area contributed by atoms with Gasteiger partial charge < -0.3 is 11.1 Å². The lowest BCUT2D eigenvalue weighted by Gasteiger charge is -2.05. The van der Waals surface area contributed by atoms with Gasteiger partial charge in [-0.05, 0) is 31.5 Å². The van der Waals surface area contributed by atoms with Crippen molar-refractivity contribution in [1.29, 1.82) is 0 Å². The molecule has 3 N–H and O–H groups in total. The van der Waals surface area contributed by atoms with Crippen molar-refractivity contribution in [2.45, 2.75) is 19.3 Å². The van der Waals surface area contributed by atoms with E-state index in [1.807, 2.05) is 0 Å². The van der Waals surface area contributed by atoms with Gasteiger partial charge in [0.25, 0.3) is 0 Å². The number of carbonyl (C=O) groups excluding carboxylic acids is 1. The molecule has 1 rings (SSSR count). The quantitative estimate of drug-likeness (QED) is 0.729. The molecular formula is C11H15FN2O. The van der Waals surface area contributed by atoms with Gasteiger partial charge in [-0.2, -0.15) is 0 Å². The van der Waals surface area contributed by atoms with E-state index in [9.17, 15) is 9.18 Å². The number of unbranched alkanes of at least 4 members (excludes halogenated alkanes) is 1. The van der Waals surface area contributed by atoms with Crippen LogP contribution in [0.25, 0.3) is 0 Å². The van der Waals surface area contributed by atoms with Crippen LogP contribution in [-0.4, -0.2) is 12.5 Å². The topological polar surface area (TPSA) is 55.1 Å². The lowest BCUT2D eigenvalue weighted by atomic mass is 10.2. The molecule has 15 heavy (non-hydrogen) atoms. The van der Waals surface area contributed by atoms with Gasteiger partial charge in [-0.15, -0.1) is 0 Å². The minimum Gasteiger partial charge on any atom is -0.330 e. The monoisotopic (exact) mass is 210 g/mol. The van der Waals surface area contributed by atoms with Crippen LogP contribution in [0.2, 0.25) is 0 Å². The van der Waals surface area contributed by atoms with Crippen molar-refractivity contribution in [1.82, 2.24) is 0 Å². The number of amides is 1. The van der Waals surface area contributed by atoms with Gasteiger partial charge in [-0.25, -0.2) is 4.39 Å². The Kier molecular flexibility index (Phi) is 4.77. The molecule has 0 bridgehead atoms. The smallest absolute Gasteiger partial charge is 0.224 e. The number of carbonyl (C=O) groups is 1. The van der Waals surface area contributed by atoms with E-state index in [0.29, 0.717) is 13.0 Å². The summed E-state index contributed by atoms with van der Waals surface area (Å²) >= 11 is 0.